The Hall–Kier alpha value is -0.160. The summed E-state index contributed by atoms with van der Waals surface area (Å²) >= 11 is 0. The fourth-order valence-corrected chi connectivity index (χ4v) is 1.29. The smallest absolute Gasteiger partial charge is 0.159 e. The number of aliphatic hydroxyl groups excluding tert-OH is 1. The van der Waals surface area contributed by atoms with E-state index < -0.39 is 0 Å². The Kier molecular flexibility index (Phi) is 5.31. The monoisotopic (exact) mass is 189 g/mol. The molecule has 1 aliphatic rings. The SMILES string of the molecule is CN(CCO)COC1CCCCO1. The first kappa shape index (κ1) is 10.9. The summed E-state index contributed by atoms with van der Waals surface area (Å²) < 4.78 is 10.9. The van der Waals surface area contributed by atoms with Gasteiger partial charge in [0, 0.05) is 13.2 Å². The van der Waals surface area contributed by atoms with Crippen molar-refractivity contribution in [3.05, 3.63) is 0 Å². The van der Waals surface area contributed by atoms with E-state index in [1.54, 1.807) is 0 Å². The molecule has 0 aromatic rings. The molecule has 0 aromatic carbocycles. The first-order chi connectivity index (χ1) is 6.33. The summed E-state index contributed by atoms with van der Waals surface area (Å²) in [5.74, 6) is 0. The average molecular weight is 189 g/mol. The first-order valence-electron chi connectivity index (χ1n) is 4.85. The number of hydrogen-bond donors (Lipinski definition) is 1. The van der Waals surface area contributed by atoms with Crippen LogP contribution in [0.4, 0.5) is 0 Å². The summed E-state index contributed by atoms with van der Waals surface area (Å²) in [5, 5.41) is 8.65. The third-order valence-electron chi connectivity index (χ3n) is 2.10. The Morgan fingerprint density at radius 2 is 2.38 bits per heavy atom. The molecule has 4 heteroatoms. The quantitative estimate of drug-likeness (QED) is 0.636. The van der Waals surface area contributed by atoms with Gasteiger partial charge in [-0.15, -0.1) is 0 Å². The largest absolute Gasteiger partial charge is 0.395 e. The predicted molar refractivity (Wildman–Crippen MR) is 49.3 cm³/mol. The first-order valence-corrected chi connectivity index (χ1v) is 4.85. The van der Waals surface area contributed by atoms with Crippen LogP contribution in [-0.2, 0) is 9.47 Å². The highest BCUT2D eigenvalue weighted by atomic mass is 16.7. The van der Waals surface area contributed by atoms with Crippen molar-refractivity contribution >= 4 is 0 Å². The second kappa shape index (κ2) is 6.32. The topological polar surface area (TPSA) is 41.9 Å². The van der Waals surface area contributed by atoms with Gasteiger partial charge in [-0.25, -0.2) is 0 Å². The Balaban J connectivity index is 2.03. The van der Waals surface area contributed by atoms with E-state index >= 15 is 0 Å². The fourth-order valence-electron chi connectivity index (χ4n) is 1.29. The summed E-state index contributed by atoms with van der Waals surface area (Å²) in [7, 11) is 1.92. The van der Waals surface area contributed by atoms with E-state index in [0.717, 1.165) is 19.4 Å². The molecule has 0 bridgehead atoms. The van der Waals surface area contributed by atoms with Gasteiger partial charge in [-0.05, 0) is 26.3 Å². The van der Waals surface area contributed by atoms with Crippen LogP contribution in [0.25, 0.3) is 0 Å². The molecule has 0 spiro atoms. The number of nitrogens with zero attached hydrogens (tertiary/aromatic N) is 1. The summed E-state index contributed by atoms with van der Waals surface area (Å²) in [5.41, 5.74) is 0. The standard InChI is InChI=1S/C9H19NO3/c1-10(5-6-11)8-13-9-4-2-3-7-12-9/h9,11H,2-8H2,1H3. The van der Waals surface area contributed by atoms with Crippen molar-refractivity contribution in [2.75, 3.05) is 33.5 Å². The Morgan fingerprint density at radius 3 is 3.00 bits per heavy atom. The molecule has 0 radical (unpaired) electrons. The van der Waals surface area contributed by atoms with Crippen molar-refractivity contribution in [1.29, 1.82) is 0 Å². The zero-order chi connectivity index (χ0) is 9.52. The van der Waals surface area contributed by atoms with E-state index in [2.05, 4.69) is 0 Å². The van der Waals surface area contributed by atoms with Gasteiger partial charge in [-0.1, -0.05) is 0 Å². The van der Waals surface area contributed by atoms with E-state index in [-0.39, 0.29) is 12.9 Å². The molecule has 0 amide bonds. The Morgan fingerprint density at radius 1 is 1.54 bits per heavy atom. The van der Waals surface area contributed by atoms with Crippen LogP contribution in [0, 0.1) is 0 Å². The lowest BCUT2D eigenvalue weighted by Gasteiger charge is -2.25. The van der Waals surface area contributed by atoms with E-state index in [1.807, 2.05) is 11.9 Å². The molecule has 1 rings (SSSR count). The lowest BCUT2D eigenvalue weighted by Crippen LogP contribution is -2.30. The maximum atomic E-state index is 8.65. The van der Waals surface area contributed by atoms with Crippen molar-refractivity contribution in [2.24, 2.45) is 0 Å². The molecule has 1 saturated heterocycles. The normalized spacial score (nSPS) is 23.8. The molecule has 4 nitrogen and oxygen atoms in total. The zero-order valence-electron chi connectivity index (χ0n) is 8.24. The number of likely N-dealkylation sites (N-methyl/N-ethyl adjacent to an activating group) is 1. The maximum Gasteiger partial charge on any atom is 0.159 e. The highest BCUT2D eigenvalue weighted by Gasteiger charge is 2.14. The minimum absolute atomic E-state index is 0.0325. The van der Waals surface area contributed by atoms with E-state index in [4.69, 9.17) is 14.6 Å². The van der Waals surface area contributed by atoms with Crippen LogP contribution in [0.2, 0.25) is 0 Å². The van der Waals surface area contributed by atoms with Gasteiger partial charge in [0.15, 0.2) is 6.29 Å². The third-order valence-corrected chi connectivity index (χ3v) is 2.10. The van der Waals surface area contributed by atoms with Crippen molar-refractivity contribution < 1.29 is 14.6 Å². The molecule has 1 atom stereocenters. The molecule has 1 heterocycles. The molecule has 13 heavy (non-hydrogen) atoms. The van der Waals surface area contributed by atoms with Crippen LogP contribution in [0.15, 0.2) is 0 Å². The Labute approximate surface area is 79.4 Å². The Bertz CT molecular complexity index is 126. The lowest BCUT2D eigenvalue weighted by molar-refractivity contribution is -0.182. The number of aliphatic hydroxyl groups is 1. The van der Waals surface area contributed by atoms with Gasteiger partial charge in [0.1, 0.15) is 6.73 Å². The fraction of sp³-hybridized carbons (Fsp3) is 1.00. The minimum atomic E-state index is -0.0325. The predicted octanol–water partition coefficient (Wildman–Crippen LogP) is 0.411. The van der Waals surface area contributed by atoms with E-state index in [0.29, 0.717) is 13.3 Å². The van der Waals surface area contributed by atoms with Crippen LogP contribution < -0.4 is 0 Å². The molecule has 1 N–H and O–H groups in total. The molecule has 1 unspecified atom stereocenters. The lowest BCUT2D eigenvalue weighted by atomic mass is 10.2. The van der Waals surface area contributed by atoms with Crippen molar-refractivity contribution in [3.8, 4) is 0 Å². The van der Waals surface area contributed by atoms with Crippen LogP contribution in [0.3, 0.4) is 0 Å². The van der Waals surface area contributed by atoms with Crippen LogP contribution in [-0.4, -0.2) is 49.8 Å². The van der Waals surface area contributed by atoms with Crippen LogP contribution in [0.5, 0.6) is 0 Å². The highest BCUT2D eigenvalue weighted by molar-refractivity contribution is 4.54. The molecule has 1 fully saturated rings. The highest BCUT2D eigenvalue weighted by Crippen LogP contribution is 2.13. The average Bonchev–Trinajstić information content (AvgIpc) is 2.17. The van der Waals surface area contributed by atoms with Gasteiger partial charge < -0.3 is 14.6 Å². The molecule has 78 valence electrons. The third kappa shape index (κ3) is 4.57. The summed E-state index contributed by atoms with van der Waals surface area (Å²) in [6, 6.07) is 0. The summed E-state index contributed by atoms with van der Waals surface area (Å²) in [6.45, 7) is 2.16. The van der Waals surface area contributed by atoms with Crippen molar-refractivity contribution in [2.45, 2.75) is 25.6 Å². The summed E-state index contributed by atoms with van der Waals surface area (Å²) in [6.07, 6.45) is 3.29. The maximum absolute atomic E-state index is 8.65. The van der Waals surface area contributed by atoms with E-state index in [9.17, 15) is 0 Å². The van der Waals surface area contributed by atoms with E-state index in [1.165, 1.54) is 6.42 Å². The van der Waals surface area contributed by atoms with Gasteiger partial charge in [-0.2, -0.15) is 0 Å². The molecule has 0 aliphatic carbocycles. The second-order valence-corrected chi connectivity index (χ2v) is 3.40. The van der Waals surface area contributed by atoms with Gasteiger partial charge in [0.2, 0.25) is 0 Å². The van der Waals surface area contributed by atoms with Crippen LogP contribution >= 0.6 is 0 Å². The molecule has 1 aliphatic heterocycles. The second-order valence-electron chi connectivity index (χ2n) is 3.40. The molecule has 0 saturated carbocycles. The van der Waals surface area contributed by atoms with Crippen LogP contribution in [0.1, 0.15) is 19.3 Å². The van der Waals surface area contributed by atoms with Crippen molar-refractivity contribution in [3.63, 3.8) is 0 Å². The van der Waals surface area contributed by atoms with Gasteiger partial charge in [0.05, 0.1) is 6.61 Å². The molecule has 0 aromatic heterocycles. The summed E-state index contributed by atoms with van der Waals surface area (Å²) in [4.78, 5) is 1.93. The number of ether oxygens (including phenoxy) is 2. The van der Waals surface area contributed by atoms with Gasteiger partial charge in [-0.3, -0.25) is 4.90 Å². The molecular weight excluding hydrogens is 170 g/mol. The zero-order valence-corrected chi connectivity index (χ0v) is 8.24. The van der Waals surface area contributed by atoms with Gasteiger partial charge in [0.25, 0.3) is 0 Å². The minimum Gasteiger partial charge on any atom is -0.395 e. The number of hydrogen-bond acceptors (Lipinski definition) is 4. The van der Waals surface area contributed by atoms with Crippen molar-refractivity contribution in [1.82, 2.24) is 4.90 Å². The molecular formula is C9H19NO3. The number of rotatable bonds is 5. The van der Waals surface area contributed by atoms with Gasteiger partial charge >= 0.3 is 0 Å².